The Bertz CT molecular complexity index is 439. The predicted octanol–water partition coefficient (Wildman–Crippen LogP) is 3.04. The maximum Gasteiger partial charge on any atom is 0.229 e. The SMILES string of the molecule is CC1NCCC1C(=O)Nc1ccc(Br)c(Cl)c1. The molecule has 0 saturated carbocycles. The van der Waals surface area contributed by atoms with Crippen LogP contribution in [0.15, 0.2) is 22.7 Å². The number of halogens is 2. The Balaban J connectivity index is 2.05. The van der Waals surface area contributed by atoms with E-state index < -0.39 is 0 Å². The normalized spacial score (nSPS) is 23.7. The fraction of sp³-hybridized carbons (Fsp3) is 0.417. The number of amides is 1. The summed E-state index contributed by atoms with van der Waals surface area (Å²) in [5.41, 5.74) is 0.738. The van der Waals surface area contributed by atoms with Gasteiger partial charge < -0.3 is 10.6 Å². The van der Waals surface area contributed by atoms with Gasteiger partial charge in [0.2, 0.25) is 5.91 Å². The molecule has 0 aromatic heterocycles. The number of carbonyl (C=O) groups is 1. The molecule has 0 spiro atoms. The summed E-state index contributed by atoms with van der Waals surface area (Å²) in [5, 5.41) is 6.76. The topological polar surface area (TPSA) is 41.1 Å². The highest BCUT2D eigenvalue weighted by atomic mass is 79.9. The van der Waals surface area contributed by atoms with Crippen molar-refractivity contribution in [2.75, 3.05) is 11.9 Å². The van der Waals surface area contributed by atoms with Gasteiger partial charge in [-0.1, -0.05) is 11.6 Å². The molecule has 2 rings (SSSR count). The monoisotopic (exact) mass is 316 g/mol. The van der Waals surface area contributed by atoms with Crippen molar-refractivity contribution in [3.63, 3.8) is 0 Å². The minimum atomic E-state index is 0.0393. The molecule has 0 radical (unpaired) electrons. The van der Waals surface area contributed by atoms with Gasteiger partial charge in [0.15, 0.2) is 0 Å². The van der Waals surface area contributed by atoms with Gasteiger partial charge >= 0.3 is 0 Å². The summed E-state index contributed by atoms with van der Waals surface area (Å²) in [6.45, 7) is 2.94. The maximum atomic E-state index is 12.0. The lowest BCUT2D eigenvalue weighted by Gasteiger charge is -2.15. The van der Waals surface area contributed by atoms with Crippen LogP contribution in [0.2, 0.25) is 5.02 Å². The van der Waals surface area contributed by atoms with Crippen molar-refractivity contribution < 1.29 is 4.79 Å². The largest absolute Gasteiger partial charge is 0.326 e. The molecule has 1 amide bonds. The molecular formula is C12H14BrClN2O. The summed E-state index contributed by atoms with van der Waals surface area (Å²) in [6.07, 6.45) is 0.886. The molecule has 1 saturated heterocycles. The molecule has 0 aliphatic carbocycles. The van der Waals surface area contributed by atoms with Crippen molar-refractivity contribution in [1.29, 1.82) is 0 Å². The molecule has 1 aliphatic heterocycles. The zero-order valence-electron chi connectivity index (χ0n) is 9.47. The van der Waals surface area contributed by atoms with Crippen LogP contribution in [0.4, 0.5) is 5.69 Å². The predicted molar refractivity (Wildman–Crippen MR) is 73.4 cm³/mol. The lowest BCUT2D eigenvalue weighted by molar-refractivity contribution is -0.119. The maximum absolute atomic E-state index is 12.0. The van der Waals surface area contributed by atoms with E-state index in [-0.39, 0.29) is 17.9 Å². The Hall–Kier alpha value is -0.580. The summed E-state index contributed by atoms with van der Waals surface area (Å²) in [7, 11) is 0. The van der Waals surface area contributed by atoms with Gasteiger partial charge in [-0.25, -0.2) is 0 Å². The second-order valence-electron chi connectivity index (χ2n) is 4.26. The Morgan fingerprint density at radius 2 is 2.35 bits per heavy atom. The molecule has 17 heavy (non-hydrogen) atoms. The van der Waals surface area contributed by atoms with Crippen LogP contribution in [0.3, 0.4) is 0 Å². The second kappa shape index (κ2) is 5.38. The van der Waals surface area contributed by atoms with Crippen LogP contribution in [0.5, 0.6) is 0 Å². The van der Waals surface area contributed by atoms with E-state index in [1.807, 2.05) is 19.1 Å². The molecule has 0 bridgehead atoms. The molecule has 92 valence electrons. The van der Waals surface area contributed by atoms with Gasteiger partial charge in [-0.3, -0.25) is 4.79 Å². The molecule has 3 nitrogen and oxygen atoms in total. The molecule has 2 N–H and O–H groups in total. The van der Waals surface area contributed by atoms with Crippen molar-refractivity contribution in [2.45, 2.75) is 19.4 Å². The average molecular weight is 318 g/mol. The highest BCUT2D eigenvalue weighted by Gasteiger charge is 2.29. The first-order chi connectivity index (χ1) is 8.08. The number of hydrogen-bond donors (Lipinski definition) is 2. The van der Waals surface area contributed by atoms with E-state index in [2.05, 4.69) is 26.6 Å². The molecule has 1 heterocycles. The Morgan fingerprint density at radius 1 is 1.59 bits per heavy atom. The Kier molecular flexibility index (Phi) is 4.07. The van der Waals surface area contributed by atoms with Crippen LogP contribution < -0.4 is 10.6 Å². The van der Waals surface area contributed by atoms with E-state index in [4.69, 9.17) is 11.6 Å². The van der Waals surface area contributed by atoms with E-state index in [0.717, 1.165) is 23.1 Å². The van der Waals surface area contributed by atoms with E-state index in [1.54, 1.807) is 6.07 Å². The first-order valence-electron chi connectivity index (χ1n) is 5.57. The van der Waals surface area contributed by atoms with Crippen LogP contribution in [0, 0.1) is 5.92 Å². The number of hydrogen-bond acceptors (Lipinski definition) is 2. The van der Waals surface area contributed by atoms with E-state index in [9.17, 15) is 4.79 Å². The van der Waals surface area contributed by atoms with E-state index in [1.165, 1.54) is 0 Å². The standard InChI is InChI=1S/C12H14BrClN2O/c1-7-9(4-5-15-7)12(17)16-8-2-3-10(13)11(14)6-8/h2-3,6-7,9,15H,4-5H2,1H3,(H,16,17). The molecule has 2 unspecified atom stereocenters. The highest BCUT2D eigenvalue weighted by Crippen LogP contribution is 2.26. The van der Waals surface area contributed by atoms with Crippen LogP contribution in [0.1, 0.15) is 13.3 Å². The zero-order valence-corrected chi connectivity index (χ0v) is 11.8. The number of carbonyl (C=O) groups excluding carboxylic acids is 1. The average Bonchev–Trinajstić information content (AvgIpc) is 2.70. The lowest BCUT2D eigenvalue weighted by atomic mass is 10.0. The van der Waals surface area contributed by atoms with Gasteiger partial charge in [-0.15, -0.1) is 0 Å². The van der Waals surface area contributed by atoms with Crippen molar-refractivity contribution in [2.24, 2.45) is 5.92 Å². The summed E-state index contributed by atoms with van der Waals surface area (Å²) in [5.74, 6) is 0.0957. The number of anilines is 1. The van der Waals surface area contributed by atoms with Crippen molar-refractivity contribution >= 4 is 39.1 Å². The molecule has 2 atom stereocenters. The second-order valence-corrected chi connectivity index (χ2v) is 5.52. The van der Waals surface area contributed by atoms with Gasteiger partial charge in [-0.2, -0.15) is 0 Å². The van der Waals surface area contributed by atoms with Crippen LogP contribution >= 0.6 is 27.5 Å². The van der Waals surface area contributed by atoms with Gasteiger partial charge in [0, 0.05) is 16.2 Å². The van der Waals surface area contributed by atoms with Gasteiger partial charge in [0.05, 0.1) is 10.9 Å². The summed E-state index contributed by atoms with van der Waals surface area (Å²) < 4.78 is 0.827. The van der Waals surface area contributed by atoms with Gasteiger partial charge in [-0.05, 0) is 54.0 Å². The fourth-order valence-electron chi connectivity index (χ4n) is 2.03. The number of benzene rings is 1. The van der Waals surface area contributed by atoms with E-state index in [0.29, 0.717) is 5.02 Å². The summed E-state index contributed by atoms with van der Waals surface area (Å²) in [4.78, 5) is 12.0. The number of rotatable bonds is 2. The highest BCUT2D eigenvalue weighted by molar-refractivity contribution is 9.10. The minimum Gasteiger partial charge on any atom is -0.326 e. The third kappa shape index (κ3) is 3.00. The zero-order chi connectivity index (χ0) is 12.4. The molecule has 1 fully saturated rings. The summed E-state index contributed by atoms with van der Waals surface area (Å²) in [6, 6.07) is 5.65. The van der Waals surface area contributed by atoms with Crippen LogP contribution in [-0.4, -0.2) is 18.5 Å². The third-order valence-electron chi connectivity index (χ3n) is 3.05. The van der Waals surface area contributed by atoms with Crippen molar-refractivity contribution in [1.82, 2.24) is 5.32 Å². The fourth-order valence-corrected chi connectivity index (χ4v) is 2.45. The van der Waals surface area contributed by atoms with Crippen molar-refractivity contribution in [3.05, 3.63) is 27.7 Å². The molecule has 1 aromatic carbocycles. The quantitative estimate of drug-likeness (QED) is 0.880. The molecule has 1 aliphatic rings. The minimum absolute atomic E-state index is 0.0393. The first kappa shape index (κ1) is 12.9. The van der Waals surface area contributed by atoms with Crippen molar-refractivity contribution in [3.8, 4) is 0 Å². The Labute approximate surface area is 114 Å². The molecular weight excluding hydrogens is 304 g/mol. The summed E-state index contributed by atoms with van der Waals surface area (Å²) >= 11 is 9.29. The van der Waals surface area contributed by atoms with Crippen LogP contribution in [0.25, 0.3) is 0 Å². The van der Waals surface area contributed by atoms with E-state index >= 15 is 0 Å². The third-order valence-corrected chi connectivity index (χ3v) is 4.28. The molecule has 1 aromatic rings. The lowest BCUT2D eigenvalue weighted by Crippen LogP contribution is -2.32. The smallest absolute Gasteiger partial charge is 0.229 e. The van der Waals surface area contributed by atoms with Gasteiger partial charge in [0.1, 0.15) is 0 Å². The number of nitrogens with one attached hydrogen (secondary N) is 2. The van der Waals surface area contributed by atoms with Crippen LogP contribution in [-0.2, 0) is 4.79 Å². The molecule has 5 heteroatoms. The van der Waals surface area contributed by atoms with Gasteiger partial charge in [0.25, 0.3) is 0 Å². The Morgan fingerprint density at radius 3 is 2.94 bits per heavy atom. The first-order valence-corrected chi connectivity index (χ1v) is 6.74.